The van der Waals surface area contributed by atoms with Crippen LogP contribution < -0.4 is 0 Å². The first kappa shape index (κ1) is 35.8. The maximum absolute atomic E-state index is 9.05. The van der Waals surface area contributed by atoms with Crippen LogP contribution in [0.3, 0.4) is 0 Å². The fraction of sp³-hybridized carbons (Fsp3) is 0.875. The molecule has 0 amide bonds. The maximum atomic E-state index is 9.05. The van der Waals surface area contributed by atoms with Gasteiger partial charge in [0.05, 0.1) is 0 Å². The van der Waals surface area contributed by atoms with E-state index in [1.807, 2.05) is 0 Å². The van der Waals surface area contributed by atoms with Gasteiger partial charge < -0.3 is 4.79 Å². The molecular formula is C16H37O2P4V-. The van der Waals surface area contributed by atoms with Gasteiger partial charge in [0, 0.05) is 18.6 Å². The second-order valence-electron chi connectivity index (χ2n) is 5.71. The van der Waals surface area contributed by atoms with E-state index in [9.17, 15) is 0 Å². The Morgan fingerprint density at radius 3 is 0.870 bits per heavy atom. The molecule has 0 aromatic rings. The van der Waals surface area contributed by atoms with Gasteiger partial charge in [-0.05, 0) is 78.0 Å². The fourth-order valence-electron chi connectivity index (χ4n) is 0.800. The summed E-state index contributed by atoms with van der Waals surface area (Å²) in [6, 6.07) is 0. The molecule has 0 heterocycles. The van der Waals surface area contributed by atoms with Gasteiger partial charge in [-0.15, -0.1) is 31.7 Å². The van der Waals surface area contributed by atoms with Crippen molar-refractivity contribution >= 4 is 38.0 Å². The van der Waals surface area contributed by atoms with Gasteiger partial charge in [0.15, 0.2) is 0 Å². The summed E-state index contributed by atoms with van der Waals surface area (Å²) in [6.45, 7) is 25.1. The number of hydrogen-bond donors (Lipinski definition) is 0. The van der Waals surface area contributed by atoms with Crippen molar-refractivity contribution in [1.82, 2.24) is 0 Å². The molecule has 0 saturated heterocycles. The molecule has 0 aliphatic rings. The van der Waals surface area contributed by atoms with Crippen LogP contribution in [-0.4, -0.2) is 84.3 Å². The first-order valence-corrected chi connectivity index (χ1v) is 17.0. The van der Waals surface area contributed by atoms with Crippen LogP contribution in [0.1, 0.15) is 13.3 Å². The van der Waals surface area contributed by atoms with Crippen LogP contribution in [0.2, 0.25) is 0 Å². The van der Waals surface area contributed by atoms with Crippen LogP contribution >= 0.6 is 31.7 Å². The van der Waals surface area contributed by atoms with E-state index < -0.39 is 0 Å². The topological polar surface area (TPSA) is 37.0 Å². The molecule has 0 saturated carbocycles. The molecule has 0 N–H and O–H groups in total. The summed E-state index contributed by atoms with van der Waals surface area (Å²) in [4.78, 5) is 9.05. The zero-order valence-electron chi connectivity index (χ0n) is 16.6. The van der Waals surface area contributed by atoms with Crippen molar-refractivity contribution in [2.45, 2.75) is 13.3 Å². The van der Waals surface area contributed by atoms with Gasteiger partial charge in [-0.1, -0.05) is 6.92 Å². The average Bonchev–Trinajstić information content (AvgIpc) is 2.46. The predicted octanol–water partition coefficient (Wildman–Crippen LogP) is 5.40. The third kappa shape index (κ3) is 69.2. The molecule has 0 aliphatic heterocycles. The maximum Gasteiger partial charge on any atom is 0 e. The third-order valence-electron chi connectivity index (χ3n) is 2.13. The van der Waals surface area contributed by atoms with E-state index in [0.29, 0.717) is 38.1 Å². The van der Waals surface area contributed by atoms with Crippen LogP contribution in [0.5, 0.6) is 0 Å². The first-order chi connectivity index (χ1) is 10.2. The zero-order chi connectivity index (χ0) is 18.6. The standard InChI is InChI=1S/2C6H16P2.C3H5O.CO.V/c2*1-7(2)5-6-8(3)4;1-2-3-4;1-2;/h2*5-6H2,1-4H3;2H2,1H3;;/q;;-1;;. The number of rotatable bonds is 7. The Bertz CT molecular complexity index is 191. The molecule has 0 atom stereocenters. The summed E-state index contributed by atoms with van der Waals surface area (Å²) < 4.78 is 7.50. The zero-order valence-corrected chi connectivity index (χ0v) is 21.6. The minimum atomic E-state index is 0. The second kappa shape index (κ2) is 31.5. The molecule has 0 bridgehead atoms. The summed E-state index contributed by atoms with van der Waals surface area (Å²) in [6.07, 6.45) is 8.12. The van der Waals surface area contributed by atoms with Crippen LogP contribution in [-0.2, 0) is 28.0 Å². The average molecular weight is 436 g/mol. The van der Waals surface area contributed by atoms with Crippen LogP contribution in [0.15, 0.2) is 0 Å². The SMILES string of the molecule is CC[C-]=O.CP(C)CCP(C)C.CP(C)CCP(C)C.[C-]#[O+].[V]. The quantitative estimate of drug-likeness (QED) is 0.299. The first-order valence-electron chi connectivity index (χ1n) is 7.31. The molecule has 139 valence electrons. The van der Waals surface area contributed by atoms with Gasteiger partial charge in [-0.3, -0.25) is 6.29 Å². The van der Waals surface area contributed by atoms with E-state index >= 15 is 0 Å². The Kier molecular flexibility index (Phi) is 48.9. The molecule has 0 aliphatic carbocycles. The van der Waals surface area contributed by atoms with Crippen molar-refractivity contribution in [3.63, 3.8) is 0 Å². The van der Waals surface area contributed by atoms with Crippen molar-refractivity contribution in [3.05, 3.63) is 6.65 Å². The molecule has 7 heteroatoms. The predicted molar refractivity (Wildman–Crippen MR) is 114 cm³/mol. The monoisotopic (exact) mass is 436 g/mol. The summed E-state index contributed by atoms with van der Waals surface area (Å²) in [5, 5.41) is 0. The Labute approximate surface area is 163 Å². The molecule has 0 unspecified atom stereocenters. The van der Waals surface area contributed by atoms with Gasteiger partial charge in [-0.2, -0.15) is 6.42 Å². The third-order valence-corrected chi connectivity index (χ3v) is 7.31. The van der Waals surface area contributed by atoms with Crippen molar-refractivity contribution in [1.29, 1.82) is 0 Å². The minimum Gasteiger partial charge on any atom is 0 e. The van der Waals surface area contributed by atoms with Gasteiger partial charge in [0.2, 0.25) is 0 Å². The molecule has 23 heavy (non-hydrogen) atoms. The largest absolute Gasteiger partial charge is 0 e. The van der Waals surface area contributed by atoms with E-state index in [2.05, 4.69) is 60.0 Å². The second-order valence-corrected chi connectivity index (χ2v) is 16.1. The van der Waals surface area contributed by atoms with Gasteiger partial charge in [0.1, 0.15) is 0 Å². The van der Waals surface area contributed by atoms with E-state index in [1.54, 1.807) is 13.2 Å². The summed E-state index contributed by atoms with van der Waals surface area (Å²) in [5.41, 5.74) is 0. The van der Waals surface area contributed by atoms with Crippen LogP contribution in [0, 0.1) is 6.65 Å². The summed E-state index contributed by atoms with van der Waals surface area (Å²) in [5.74, 6) is 0. The van der Waals surface area contributed by atoms with E-state index in [0.717, 1.165) is 0 Å². The van der Waals surface area contributed by atoms with E-state index in [1.165, 1.54) is 24.6 Å². The van der Waals surface area contributed by atoms with Crippen molar-refractivity contribution in [3.8, 4) is 0 Å². The molecule has 1 radical (unpaired) electrons. The minimum absolute atomic E-state index is 0. The van der Waals surface area contributed by atoms with Crippen molar-refractivity contribution in [2.75, 3.05) is 78.0 Å². The molecular weight excluding hydrogens is 399 g/mol. The van der Waals surface area contributed by atoms with Crippen molar-refractivity contribution in [2.24, 2.45) is 0 Å². The molecule has 0 aromatic carbocycles. The Hall–Kier alpha value is 1.71. The molecule has 0 rings (SSSR count). The fourth-order valence-corrected chi connectivity index (χ4v) is 7.20. The van der Waals surface area contributed by atoms with Gasteiger partial charge >= 0.3 is 11.3 Å². The van der Waals surface area contributed by atoms with Crippen molar-refractivity contribution < 1.29 is 28.0 Å². The van der Waals surface area contributed by atoms with Crippen LogP contribution in [0.25, 0.3) is 0 Å². The Balaban J connectivity index is -0.0000000683. The Morgan fingerprint density at radius 1 is 0.696 bits per heavy atom. The number of hydrogen-bond acceptors (Lipinski definition) is 1. The van der Waals surface area contributed by atoms with E-state index in [-0.39, 0.29) is 18.6 Å². The van der Waals surface area contributed by atoms with Gasteiger partial charge in [0.25, 0.3) is 0 Å². The van der Waals surface area contributed by atoms with Gasteiger partial charge in [-0.25, -0.2) is 0 Å². The summed E-state index contributed by atoms with van der Waals surface area (Å²) >= 11 is 0. The normalized spacial score (nSPS) is 9.00. The number of carbonyl (C=O) groups excluding carboxylic acids is 1. The smallest absolute Gasteiger partial charge is 0 e. The molecule has 0 aromatic heterocycles. The molecule has 2 nitrogen and oxygen atoms in total. The van der Waals surface area contributed by atoms with E-state index in [4.69, 9.17) is 9.45 Å². The summed E-state index contributed by atoms with van der Waals surface area (Å²) in [7, 11) is 1.53. The Morgan fingerprint density at radius 2 is 0.826 bits per heavy atom. The molecule has 0 fully saturated rings. The van der Waals surface area contributed by atoms with Crippen LogP contribution in [0.4, 0.5) is 0 Å². The molecule has 0 spiro atoms.